The summed E-state index contributed by atoms with van der Waals surface area (Å²) in [6, 6.07) is -0.167. The third-order valence-electron chi connectivity index (χ3n) is 3.40. The van der Waals surface area contributed by atoms with Gasteiger partial charge in [-0.3, -0.25) is 4.68 Å². The van der Waals surface area contributed by atoms with Crippen LogP contribution in [0.4, 0.5) is 4.79 Å². The standard InChI is InChI=1S/C14H20N4O3/c1-4-7-15-14(20)18-8-6-11-10(9-18)12(16-17(11)3)13(19)21-5-2/h4H,1,5-9H2,2-3H3,(H,15,20). The molecule has 1 aliphatic heterocycles. The van der Waals surface area contributed by atoms with E-state index in [4.69, 9.17) is 4.74 Å². The molecule has 2 rings (SSSR count). The van der Waals surface area contributed by atoms with Crippen molar-refractivity contribution in [3.05, 3.63) is 29.6 Å². The molecular weight excluding hydrogens is 272 g/mol. The molecule has 1 N–H and O–H groups in total. The first-order chi connectivity index (χ1) is 10.1. The second-order valence-electron chi connectivity index (χ2n) is 4.76. The molecule has 0 atom stereocenters. The Labute approximate surface area is 123 Å². The number of rotatable bonds is 4. The third-order valence-corrected chi connectivity index (χ3v) is 3.40. The van der Waals surface area contributed by atoms with E-state index >= 15 is 0 Å². The van der Waals surface area contributed by atoms with Gasteiger partial charge in [-0.2, -0.15) is 5.10 Å². The summed E-state index contributed by atoms with van der Waals surface area (Å²) in [5.74, 6) is -0.442. The number of nitrogens with one attached hydrogen (secondary N) is 1. The minimum absolute atomic E-state index is 0.167. The van der Waals surface area contributed by atoms with Crippen LogP contribution in [0.5, 0.6) is 0 Å². The van der Waals surface area contributed by atoms with E-state index in [1.807, 2.05) is 0 Å². The van der Waals surface area contributed by atoms with Gasteiger partial charge in [-0.15, -0.1) is 6.58 Å². The lowest BCUT2D eigenvalue weighted by atomic mass is 10.1. The lowest BCUT2D eigenvalue weighted by Crippen LogP contribution is -2.43. The quantitative estimate of drug-likeness (QED) is 0.659. The Balaban J connectivity index is 2.20. The summed E-state index contributed by atoms with van der Waals surface area (Å²) in [5.41, 5.74) is 2.05. The van der Waals surface area contributed by atoms with Crippen molar-refractivity contribution in [3.63, 3.8) is 0 Å². The molecule has 0 bridgehead atoms. The highest BCUT2D eigenvalue weighted by atomic mass is 16.5. The van der Waals surface area contributed by atoms with Crippen LogP contribution in [0.1, 0.15) is 28.7 Å². The minimum Gasteiger partial charge on any atom is -0.461 e. The van der Waals surface area contributed by atoms with E-state index in [9.17, 15) is 9.59 Å². The summed E-state index contributed by atoms with van der Waals surface area (Å²) in [7, 11) is 1.80. The van der Waals surface area contributed by atoms with Gasteiger partial charge in [0.05, 0.1) is 13.2 Å². The number of esters is 1. The molecule has 0 aliphatic carbocycles. The Hall–Kier alpha value is -2.31. The molecule has 7 heteroatoms. The molecule has 114 valence electrons. The monoisotopic (exact) mass is 292 g/mol. The molecule has 2 heterocycles. The summed E-state index contributed by atoms with van der Waals surface area (Å²) in [6.45, 7) is 6.99. The summed E-state index contributed by atoms with van der Waals surface area (Å²) < 4.78 is 6.72. The van der Waals surface area contributed by atoms with Crippen molar-refractivity contribution in [3.8, 4) is 0 Å². The largest absolute Gasteiger partial charge is 0.461 e. The van der Waals surface area contributed by atoms with Crippen LogP contribution in [-0.4, -0.2) is 46.4 Å². The highest BCUT2D eigenvalue weighted by Crippen LogP contribution is 2.22. The van der Waals surface area contributed by atoms with Crippen molar-refractivity contribution in [1.82, 2.24) is 20.0 Å². The van der Waals surface area contributed by atoms with Gasteiger partial charge < -0.3 is 15.0 Å². The number of hydrogen-bond acceptors (Lipinski definition) is 4. The van der Waals surface area contributed by atoms with Gasteiger partial charge in [-0.05, 0) is 6.92 Å². The van der Waals surface area contributed by atoms with Gasteiger partial charge in [-0.1, -0.05) is 6.08 Å². The Morgan fingerprint density at radius 3 is 2.95 bits per heavy atom. The number of ether oxygens (including phenoxy) is 1. The van der Waals surface area contributed by atoms with Crippen molar-refractivity contribution in [2.75, 3.05) is 19.7 Å². The van der Waals surface area contributed by atoms with Crippen LogP contribution < -0.4 is 5.32 Å². The number of urea groups is 1. The maximum Gasteiger partial charge on any atom is 0.359 e. The highest BCUT2D eigenvalue weighted by molar-refractivity contribution is 5.89. The van der Waals surface area contributed by atoms with Crippen LogP contribution in [0, 0.1) is 0 Å². The van der Waals surface area contributed by atoms with Crippen LogP contribution >= 0.6 is 0 Å². The molecule has 7 nitrogen and oxygen atoms in total. The van der Waals surface area contributed by atoms with E-state index in [0.29, 0.717) is 38.4 Å². The minimum atomic E-state index is -0.442. The molecule has 2 amide bonds. The van der Waals surface area contributed by atoms with E-state index in [1.165, 1.54) is 0 Å². The molecule has 0 saturated heterocycles. The topological polar surface area (TPSA) is 76.5 Å². The van der Waals surface area contributed by atoms with Crippen molar-refractivity contribution in [2.45, 2.75) is 19.9 Å². The number of aryl methyl sites for hydroxylation is 1. The molecule has 0 saturated carbocycles. The molecule has 21 heavy (non-hydrogen) atoms. The summed E-state index contributed by atoms with van der Waals surface area (Å²) in [4.78, 5) is 25.6. The van der Waals surface area contributed by atoms with Gasteiger partial charge in [0.1, 0.15) is 0 Å². The summed E-state index contributed by atoms with van der Waals surface area (Å²) in [5, 5.41) is 6.97. The fraction of sp³-hybridized carbons (Fsp3) is 0.500. The van der Waals surface area contributed by atoms with Crippen LogP contribution in [0.25, 0.3) is 0 Å². The van der Waals surface area contributed by atoms with Gasteiger partial charge in [0.2, 0.25) is 0 Å². The SMILES string of the molecule is C=CCNC(=O)N1CCc2c(c(C(=O)OCC)nn2C)C1. The Morgan fingerprint density at radius 1 is 1.52 bits per heavy atom. The Morgan fingerprint density at radius 2 is 2.29 bits per heavy atom. The molecule has 1 aliphatic rings. The number of fused-ring (bicyclic) bond motifs is 1. The van der Waals surface area contributed by atoms with E-state index in [-0.39, 0.29) is 6.03 Å². The van der Waals surface area contributed by atoms with Crippen LogP contribution in [0.15, 0.2) is 12.7 Å². The maximum atomic E-state index is 12.0. The summed E-state index contributed by atoms with van der Waals surface area (Å²) in [6.07, 6.45) is 2.29. The first-order valence-corrected chi connectivity index (χ1v) is 6.94. The number of amides is 2. The van der Waals surface area contributed by atoms with E-state index in [0.717, 1.165) is 11.3 Å². The molecule has 0 fully saturated rings. The molecule has 1 aromatic heterocycles. The average Bonchev–Trinajstić information content (AvgIpc) is 2.82. The molecule has 0 unspecified atom stereocenters. The highest BCUT2D eigenvalue weighted by Gasteiger charge is 2.29. The first-order valence-electron chi connectivity index (χ1n) is 6.94. The molecule has 0 radical (unpaired) electrons. The van der Waals surface area contributed by atoms with Crippen molar-refractivity contribution >= 4 is 12.0 Å². The predicted molar refractivity (Wildman–Crippen MR) is 76.9 cm³/mol. The fourth-order valence-corrected chi connectivity index (χ4v) is 2.40. The van der Waals surface area contributed by atoms with E-state index in [2.05, 4.69) is 17.0 Å². The second kappa shape index (κ2) is 6.43. The van der Waals surface area contributed by atoms with Crippen LogP contribution in [0.3, 0.4) is 0 Å². The number of nitrogens with zero attached hydrogens (tertiary/aromatic N) is 3. The van der Waals surface area contributed by atoms with Crippen molar-refractivity contribution in [1.29, 1.82) is 0 Å². The average molecular weight is 292 g/mol. The zero-order chi connectivity index (χ0) is 15.4. The molecule has 0 spiro atoms. The van der Waals surface area contributed by atoms with Gasteiger partial charge in [0.15, 0.2) is 5.69 Å². The van der Waals surface area contributed by atoms with E-state index in [1.54, 1.807) is 29.6 Å². The van der Waals surface area contributed by atoms with Crippen LogP contribution in [-0.2, 0) is 24.8 Å². The van der Waals surface area contributed by atoms with Gasteiger partial charge in [0.25, 0.3) is 0 Å². The Kier molecular flexibility index (Phi) is 4.62. The van der Waals surface area contributed by atoms with Gasteiger partial charge >= 0.3 is 12.0 Å². The number of carbonyl (C=O) groups excluding carboxylic acids is 2. The normalized spacial score (nSPS) is 13.5. The zero-order valence-corrected chi connectivity index (χ0v) is 12.4. The van der Waals surface area contributed by atoms with Gasteiger partial charge in [0, 0.05) is 37.8 Å². The number of aromatic nitrogens is 2. The van der Waals surface area contributed by atoms with E-state index < -0.39 is 5.97 Å². The number of carbonyl (C=O) groups is 2. The lowest BCUT2D eigenvalue weighted by Gasteiger charge is -2.27. The van der Waals surface area contributed by atoms with Crippen LogP contribution in [0.2, 0.25) is 0 Å². The molecule has 1 aromatic rings. The molecule has 0 aromatic carbocycles. The smallest absolute Gasteiger partial charge is 0.359 e. The predicted octanol–water partition coefficient (Wildman–Crippen LogP) is 0.850. The lowest BCUT2D eigenvalue weighted by molar-refractivity contribution is 0.0516. The Bertz CT molecular complexity index is 565. The van der Waals surface area contributed by atoms with Crippen molar-refractivity contribution < 1.29 is 14.3 Å². The number of hydrogen-bond donors (Lipinski definition) is 1. The molecular formula is C14H20N4O3. The third kappa shape index (κ3) is 3.07. The van der Waals surface area contributed by atoms with Crippen molar-refractivity contribution in [2.24, 2.45) is 7.05 Å². The summed E-state index contributed by atoms with van der Waals surface area (Å²) >= 11 is 0. The fourth-order valence-electron chi connectivity index (χ4n) is 2.40. The maximum absolute atomic E-state index is 12.0. The van der Waals surface area contributed by atoms with Gasteiger partial charge in [-0.25, -0.2) is 9.59 Å². The zero-order valence-electron chi connectivity index (χ0n) is 12.4. The first kappa shape index (κ1) is 15.1. The second-order valence-corrected chi connectivity index (χ2v) is 4.76.